The summed E-state index contributed by atoms with van der Waals surface area (Å²) in [6, 6.07) is 8.38. The van der Waals surface area contributed by atoms with Gasteiger partial charge in [-0.1, -0.05) is 11.6 Å². The van der Waals surface area contributed by atoms with Crippen LogP contribution in [-0.4, -0.2) is 48.2 Å². The Morgan fingerprint density at radius 3 is 2.34 bits per heavy atom. The average Bonchev–Trinajstić information content (AvgIpc) is 2.72. The lowest BCUT2D eigenvalue weighted by Gasteiger charge is -2.11. The number of sulfonamides is 1. The summed E-state index contributed by atoms with van der Waals surface area (Å²) in [5.74, 6) is -0.562. The monoisotopic (exact) mass is 442 g/mol. The summed E-state index contributed by atoms with van der Waals surface area (Å²) in [4.78, 5) is 23.9. The Balaban J connectivity index is 2.04. The summed E-state index contributed by atoms with van der Waals surface area (Å²) in [5, 5.41) is 2.50. The van der Waals surface area contributed by atoms with E-state index >= 15 is 0 Å². The van der Waals surface area contributed by atoms with Crippen LogP contribution in [0.1, 0.15) is 10.4 Å². The molecule has 0 spiro atoms. The lowest BCUT2D eigenvalue weighted by molar-refractivity contribution is -0.119. The smallest absolute Gasteiger partial charge is 0.338 e. The van der Waals surface area contributed by atoms with Gasteiger partial charge in [0.2, 0.25) is 10.0 Å². The van der Waals surface area contributed by atoms with Crippen LogP contribution in [0.15, 0.2) is 41.3 Å². The van der Waals surface area contributed by atoms with E-state index in [1.54, 1.807) is 18.2 Å². The molecule has 9 nitrogen and oxygen atoms in total. The number of nitrogens with one attached hydrogen (secondary N) is 2. The topological polar surface area (TPSA) is 120 Å². The molecule has 0 heterocycles. The van der Waals surface area contributed by atoms with Crippen LogP contribution in [-0.2, 0) is 19.6 Å². The Morgan fingerprint density at radius 2 is 1.72 bits per heavy atom. The molecule has 156 valence electrons. The Kier molecular flexibility index (Phi) is 7.43. The van der Waals surface area contributed by atoms with Gasteiger partial charge in [-0.25, -0.2) is 17.9 Å². The lowest BCUT2D eigenvalue weighted by Crippen LogP contribution is -2.22. The molecule has 29 heavy (non-hydrogen) atoms. The lowest BCUT2D eigenvalue weighted by atomic mass is 10.2. The van der Waals surface area contributed by atoms with Crippen molar-refractivity contribution in [3.63, 3.8) is 0 Å². The molecule has 2 aromatic carbocycles. The number of hydrogen-bond donors (Lipinski definition) is 2. The van der Waals surface area contributed by atoms with Gasteiger partial charge in [-0.05, 0) is 37.4 Å². The molecule has 11 heteroatoms. The minimum Gasteiger partial charge on any atom is -0.493 e. The van der Waals surface area contributed by atoms with Crippen molar-refractivity contribution < 1.29 is 32.2 Å². The molecule has 0 atom stereocenters. The highest BCUT2D eigenvalue weighted by atomic mass is 35.5. The molecule has 2 rings (SSSR count). The van der Waals surface area contributed by atoms with Crippen LogP contribution in [0.4, 0.5) is 5.69 Å². The summed E-state index contributed by atoms with van der Waals surface area (Å²) in [6.45, 7) is -0.579. The second kappa shape index (κ2) is 9.59. The molecule has 1 amide bonds. The van der Waals surface area contributed by atoms with Crippen molar-refractivity contribution >= 4 is 39.2 Å². The van der Waals surface area contributed by atoms with Gasteiger partial charge in [0.05, 0.1) is 24.8 Å². The predicted molar refractivity (Wildman–Crippen MR) is 106 cm³/mol. The minimum absolute atomic E-state index is 0.0536. The highest BCUT2D eigenvalue weighted by Gasteiger charge is 2.19. The number of methoxy groups -OCH3 is 2. The molecule has 2 N–H and O–H groups in total. The molecule has 0 aromatic heterocycles. The van der Waals surface area contributed by atoms with Crippen LogP contribution >= 0.6 is 11.6 Å². The number of benzene rings is 2. The zero-order chi connectivity index (χ0) is 21.6. The van der Waals surface area contributed by atoms with Gasteiger partial charge in [-0.2, -0.15) is 0 Å². The zero-order valence-electron chi connectivity index (χ0n) is 15.8. The first-order valence-electron chi connectivity index (χ1n) is 8.14. The van der Waals surface area contributed by atoms with Crippen molar-refractivity contribution in [1.82, 2.24) is 4.72 Å². The Labute approximate surface area is 173 Å². The van der Waals surface area contributed by atoms with Gasteiger partial charge >= 0.3 is 5.97 Å². The molecular weight excluding hydrogens is 424 g/mol. The van der Waals surface area contributed by atoms with Crippen molar-refractivity contribution in [3.8, 4) is 11.5 Å². The minimum atomic E-state index is -3.86. The van der Waals surface area contributed by atoms with Gasteiger partial charge in [-0.3, -0.25) is 4.79 Å². The number of halogens is 1. The molecule has 0 saturated carbocycles. The molecule has 0 aliphatic carbocycles. The number of carbonyl (C=O) groups excluding carboxylic acids is 2. The van der Waals surface area contributed by atoms with Crippen molar-refractivity contribution in [1.29, 1.82) is 0 Å². The van der Waals surface area contributed by atoms with Crippen molar-refractivity contribution in [2.24, 2.45) is 0 Å². The fourth-order valence-corrected chi connectivity index (χ4v) is 3.52. The average molecular weight is 443 g/mol. The second-order valence-electron chi connectivity index (χ2n) is 5.55. The van der Waals surface area contributed by atoms with Gasteiger partial charge in [0, 0.05) is 11.8 Å². The molecule has 0 fully saturated rings. The number of esters is 1. The summed E-state index contributed by atoms with van der Waals surface area (Å²) in [6.07, 6.45) is 0. The Morgan fingerprint density at radius 1 is 1.03 bits per heavy atom. The third kappa shape index (κ3) is 5.59. The standard InChI is InChI=1S/C18H19ClN2O7S/c1-20-29(24,25)16-8-11(4-6-13(16)19)18(23)28-10-17(22)21-12-5-7-14(26-2)15(9-12)27-3/h4-9,20H,10H2,1-3H3,(H,21,22). The van der Waals surface area contributed by atoms with E-state index in [0.29, 0.717) is 17.2 Å². The van der Waals surface area contributed by atoms with E-state index in [9.17, 15) is 18.0 Å². The Bertz CT molecular complexity index is 1020. The second-order valence-corrected chi connectivity index (χ2v) is 7.81. The predicted octanol–water partition coefficient (Wildman–Crippen LogP) is 2.06. The number of carbonyl (C=O) groups is 2. The van der Waals surface area contributed by atoms with Crippen LogP contribution in [0.25, 0.3) is 0 Å². The van der Waals surface area contributed by atoms with E-state index in [2.05, 4.69) is 10.0 Å². The van der Waals surface area contributed by atoms with Crippen molar-refractivity contribution in [3.05, 3.63) is 47.0 Å². The molecule has 0 bridgehead atoms. The highest BCUT2D eigenvalue weighted by molar-refractivity contribution is 7.89. The zero-order valence-corrected chi connectivity index (χ0v) is 17.4. The van der Waals surface area contributed by atoms with E-state index in [0.717, 1.165) is 6.07 Å². The van der Waals surface area contributed by atoms with Gasteiger partial charge in [0.15, 0.2) is 18.1 Å². The van der Waals surface area contributed by atoms with Crippen LogP contribution in [0.5, 0.6) is 11.5 Å². The first-order chi connectivity index (χ1) is 13.7. The van der Waals surface area contributed by atoms with E-state index in [4.69, 9.17) is 25.8 Å². The molecule has 0 aliphatic heterocycles. The number of ether oxygens (including phenoxy) is 3. The number of amides is 1. The number of rotatable bonds is 8. The maximum Gasteiger partial charge on any atom is 0.338 e. The fraction of sp³-hybridized carbons (Fsp3) is 0.222. The highest BCUT2D eigenvalue weighted by Crippen LogP contribution is 2.29. The number of hydrogen-bond acceptors (Lipinski definition) is 7. The van der Waals surface area contributed by atoms with Crippen molar-refractivity contribution in [2.45, 2.75) is 4.90 Å². The van der Waals surface area contributed by atoms with Crippen LogP contribution in [0.2, 0.25) is 5.02 Å². The van der Waals surface area contributed by atoms with E-state index in [1.165, 1.54) is 33.4 Å². The van der Waals surface area contributed by atoms with E-state index < -0.39 is 28.5 Å². The van der Waals surface area contributed by atoms with Gasteiger partial charge in [0.25, 0.3) is 5.91 Å². The molecule has 2 aromatic rings. The molecular formula is C18H19ClN2O7S. The van der Waals surface area contributed by atoms with Crippen molar-refractivity contribution in [2.75, 3.05) is 33.2 Å². The van der Waals surface area contributed by atoms with E-state index in [-0.39, 0.29) is 15.5 Å². The van der Waals surface area contributed by atoms with Gasteiger partial charge in [-0.15, -0.1) is 0 Å². The first kappa shape index (κ1) is 22.5. The van der Waals surface area contributed by atoms with Crippen LogP contribution < -0.4 is 19.5 Å². The molecule has 0 unspecified atom stereocenters. The molecule has 0 aliphatic rings. The summed E-state index contributed by atoms with van der Waals surface area (Å²) in [5.41, 5.74) is 0.347. The first-order valence-corrected chi connectivity index (χ1v) is 10.00. The maximum absolute atomic E-state index is 12.2. The molecule has 0 radical (unpaired) electrons. The molecule has 0 saturated heterocycles. The fourth-order valence-electron chi connectivity index (χ4n) is 2.27. The van der Waals surface area contributed by atoms with Crippen LogP contribution in [0.3, 0.4) is 0 Å². The summed E-state index contributed by atoms with van der Waals surface area (Å²) >= 11 is 5.87. The normalized spacial score (nSPS) is 10.9. The third-order valence-corrected chi connectivity index (χ3v) is 5.62. The van der Waals surface area contributed by atoms with Crippen LogP contribution in [0, 0.1) is 0 Å². The maximum atomic E-state index is 12.2. The Hall–Kier alpha value is -2.82. The third-order valence-electron chi connectivity index (χ3n) is 3.73. The largest absolute Gasteiger partial charge is 0.493 e. The summed E-state index contributed by atoms with van der Waals surface area (Å²) in [7, 11) is 0.301. The van der Waals surface area contributed by atoms with Gasteiger partial charge < -0.3 is 19.5 Å². The quantitative estimate of drug-likeness (QED) is 0.600. The van der Waals surface area contributed by atoms with E-state index in [1.807, 2.05) is 0 Å². The van der Waals surface area contributed by atoms with Gasteiger partial charge in [0.1, 0.15) is 4.90 Å². The SMILES string of the molecule is CNS(=O)(=O)c1cc(C(=O)OCC(=O)Nc2ccc(OC)c(OC)c2)ccc1Cl. The summed E-state index contributed by atoms with van der Waals surface area (Å²) < 4.78 is 41.2. The number of anilines is 1.